The van der Waals surface area contributed by atoms with E-state index in [0.29, 0.717) is 17.8 Å². The number of pyridine rings is 1. The minimum atomic E-state index is -1.28. The summed E-state index contributed by atoms with van der Waals surface area (Å²) in [6.45, 7) is 1.72. The van der Waals surface area contributed by atoms with Crippen LogP contribution in [0.5, 0.6) is 0 Å². The summed E-state index contributed by atoms with van der Waals surface area (Å²) in [4.78, 5) is 15.9. The van der Waals surface area contributed by atoms with E-state index < -0.39 is 23.2 Å². The highest BCUT2D eigenvalue weighted by Gasteiger charge is 2.15. The second-order valence-corrected chi connectivity index (χ2v) is 4.12. The molecule has 0 aliphatic carbocycles. The van der Waals surface area contributed by atoms with Gasteiger partial charge in [0.1, 0.15) is 11.5 Å². The van der Waals surface area contributed by atoms with Crippen molar-refractivity contribution in [3.05, 3.63) is 64.7 Å². The third-order valence-electron chi connectivity index (χ3n) is 2.61. The Morgan fingerprint density at radius 3 is 2.47 bits per heavy atom. The van der Waals surface area contributed by atoms with E-state index >= 15 is 0 Å². The highest BCUT2D eigenvalue weighted by Crippen LogP contribution is 2.15. The highest BCUT2D eigenvalue weighted by molar-refractivity contribution is 5.95. The Kier molecular flexibility index (Phi) is 3.64. The van der Waals surface area contributed by atoms with Crippen LogP contribution in [0.15, 0.2) is 30.3 Å². The summed E-state index contributed by atoms with van der Waals surface area (Å²) in [5, 5.41) is 0. The molecule has 1 aromatic heterocycles. The maximum atomic E-state index is 13.4. The van der Waals surface area contributed by atoms with Gasteiger partial charge in [-0.15, -0.1) is 0 Å². The van der Waals surface area contributed by atoms with Crippen molar-refractivity contribution in [2.75, 3.05) is 0 Å². The molecule has 0 unspecified atom stereocenters. The molecule has 0 atom stereocenters. The van der Waals surface area contributed by atoms with Crippen molar-refractivity contribution in [1.82, 2.24) is 4.98 Å². The first-order valence-corrected chi connectivity index (χ1v) is 5.57. The molecule has 2 rings (SSSR count). The van der Waals surface area contributed by atoms with Gasteiger partial charge in [0, 0.05) is 18.2 Å². The molecule has 1 aromatic carbocycles. The molecule has 0 radical (unpaired) electrons. The zero-order valence-electron chi connectivity index (χ0n) is 10.1. The van der Waals surface area contributed by atoms with E-state index in [4.69, 9.17) is 0 Å². The fraction of sp³-hybridized carbons (Fsp3) is 0.143. The summed E-state index contributed by atoms with van der Waals surface area (Å²) in [6.07, 6.45) is -0.362. The smallest absolute Gasteiger partial charge is 0.185 e. The molecule has 0 saturated carbocycles. The number of halogens is 3. The van der Waals surface area contributed by atoms with Gasteiger partial charge in [-0.3, -0.25) is 9.78 Å². The number of aromatic nitrogens is 1. The summed E-state index contributed by atoms with van der Waals surface area (Å²) < 4.78 is 39.2. The van der Waals surface area contributed by atoms with E-state index in [1.807, 2.05) is 0 Å². The first-order valence-electron chi connectivity index (χ1n) is 5.57. The van der Waals surface area contributed by atoms with E-state index in [0.717, 1.165) is 0 Å². The van der Waals surface area contributed by atoms with Crippen LogP contribution in [0.25, 0.3) is 0 Å². The summed E-state index contributed by atoms with van der Waals surface area (Å²) in [6, 6.07) is 5.99. The molecule has 0 spiro atoms. The van der Waals surface area contributed by atoms with Gasteiger partial charge in [-0.1, -0.05) is 6.07 Å². The lowest BCUT2D eigenvalue weighted by atomic mass is 10.1. The number of carbonyl (C=O) groups is 1. The van der Waals surface area contributed by atoms with Crippen LogP contribution in [0.1, 0.15) is 21.7 Å². The summed E-state index contributed by atoms with van der Waals surface area (Å²) in [5.41, 5.74) is 0.632. The highest BCUT2D eigenvalue weighted by atomic mass is 19.2. The zero-order valence-corrected chi connectivity index (χ0v) is 10.1. The number of benzene rings is 1. The predicted octanol–water partition coefficient (Wildman–Crippen LogP) is 3.23. The first kappa shape index (κ1) is 13.3. The second kappa shape index (κ2) is 5.22. The molecule has 2 aromatic rings. The van der Waals surface area contributed by atoms with E-state index in [2.05, 4.69) is 4.98 Å². The fourth-order valence-electron chi connectivity index (χ4n) is 1.66. The van der Waals surface area contributed by atoms with Crippen molar-refractivity contribution in [1.29, 1.82) is 0 Å². The molecule has 0 saturated heterocycles. The van der Waals surface area contributed by atoms with Crippen LogP contribution >= 0.6 is 0 Å². The Hall–Kier alpha value is -2.17. The Labute approximate surface area is 107 Å². The van der Waals surface area contributed by atoms with Crippen molar-refractivity contribution in [2.45, 2.75) is 13.3 Å². The Morgan fingerprint density at radius 2 is 1.79 bits per heavy atom. The molecule has 19 heavy (non-hydrogen) atoms. The molecular weight excluding hydrogens is 255 g/mol. The number of hydrogen-bond acceptors (Lipinski definition) is 2. The van der Waals surface area contributed by atoms with Crippen molar-refractivity contribution in [2.24, 2.45) is 0 Å². The van der Waals surface area contributed by atoms with Crippen LogP contribution in [0.3, 0.4) is 0 Å². The average molecular weight is 265 g/mol. The molecule has 1 heterocycles. The van der Waals surface area contributed by atoms with E-state index in [9.17, 15) is 18.0 Å². The van der Waals surface area contributed by atoms with Gasteiger partial charge in [0.15, 0.2) is 17.4 Å². The molecule has 0 bridgehead atoms. The summed E-state index contributed by atoms with van der Waals surface area (Å²) in [5.74, 6) is -3.85. The van der Waals surface area contributed by atoms with E-state index in [-0.39, 0.29) is 17.7 Å². The molecular formula is C14H10F3NO. The lowest BCUT2D eigenvalue weighted by molar-refractivity contribution is 0.0986. The van der Waals surface area contributed by atoms with Gasteiger partial charge in [0.05, 0.1) is 0 Å². The van der Waals surface area contributed by atoms with Gasteiger partial charge in [-0.25, -0.2) is 13.2 Å². The quantitative estimate of drug-likeness (QED) is 0.630. The predicted molar refractivity (Wildman–Crippen MR) is 63.3 cm³/mol. The van der Waals surface area contributed by atoms with Crippen molar-refractivity contribution < 1.29 is 18.0 Å². The molecule has 0 fully saturated rings. The Bertz CT molecular complexity index is 641. The van der Waals surface area contributed by atoms with Crippen molar-refractivity contribution >= 4 is 5.78 Å². The lowest BCUT2D eigenvalue weighted by Crippen LogP contribution is -2.08. The van der Waals surface area contributed by atoms with E-state index in [1.54, 1.807) is 19.1 Å². The first-order chi connectivity index (χ1) is 8.97. The number of nitrogens with zero attached hydrogens (tertiary/aromatic N) is 1. The van der Waals surface area contributed by atoms with Gasteiger partial charge in [0.2, 0.25) is 0 Å². The van der Waals surface area contributed by atoms with Crippen LogP contribution in [-0.4, -0.2) is 10.8 Å². The second-order valence-electron chi connectivity index (χ2n) is 4.12. The molecule has 0 amide bonds. The van der Waals surface area contributed by atoms with Crippen LogP contribution < -0.4 is 0 Å². The van der Waals surface area contributed by atoms with Gasteiger partial charge in [-0.05, 0) is 30.7 Å². The van der Waals surface area contributed by atoms with Gasteiger partial charge in [0.25, 0.3) is 0 Å². The summed E-state index contributed by atoms with van der Waals surface area (Å²) in [7, 11) is 0. The molecule has 2 nitrogen and oxygen atoms in total. The number of ketones is 1. The third-order valence-corrected chi connectivity index (χ3v) is 2.61. The minimum absolute atomic E-state index is 0.170. The minimum Gasteiger partial charge on any atom is -0.292 e. The zero-order chi connectivity index (χ0) is 14.0. The normalized spacial score (nSPS) is 10.5. The monoisotopic (exact) mass is 265 g/mol. The number of hydrogen-bond donors (Lipinski definition) is 0. The maximum Gasteiger partial charge on any atom is 0.185 e. The fourth-order valence-corrected chi connectivity index (χ4v) is 1.66. The van der Waals surface area contributed by atoms with Crippen molar-refractivity contribution in [3.63, 3.8) is 0 Å². The average Bonchev–Trinajstić information content (AvgIpc) is 2.36. The standard InChI is InChI=1S/C14H10F3NO/c1-8-3-2-4-13(18-8)14(19)6-9-5-11(16)12(17)7-10(9)15/h2-5,7H,6H2,1H3. The van der Waals surface area contributed by atoms with Gasteiger partial charge in [-0.2, -0.15) is 0 Å². The number of aryl methyl sites for hydroxylation is 1. The number of rotatable bonds is 3. The SMILES string of the molecule is Cc1cccc(C(=O)Cc2cc(F)c(F)cc2F)n1. The van der Waals surface area contributed by atoms with Crippen molar-refractivity contribution in [3.8, 4) is 0 Å². The molecule has 0 aliphatic heterocycles. The topological polar surface area (TPSA) is 30.0 Å². The molecule has 0 N–H and O–H groups in total. The van der Waals surface area contributed by atoms with Crippen LogP contribution in [0.2, 0.25) is 0 Å². The lowest BCUT2D eigenvalue weighted by Gasteiger charge is -2.04. The summed E-state index contributed by atoms with van der Waals surface area (Å²) >= 11 is 0. The largest absolute Gasteiger partial charge is 0.292 e. The third kappa shape index (κ3) is 2.99. The maximum absolute atomic E-state index is 13.4. The number of carbonyl (C=O) groups excluding carboxylic acids is 1. The number of Topliss-reactive ketones (excluding diaryl/α,β-unsaturated/α-hetero) is 1. The van der Waals surface area contributed by atoms with Gasteiger partial charge >= 0.3 is 0 Å². The molecule has 98 valence electrons. The van der Waals surface area contributed by atoms with E-state index in [1.165, 1.54) is 6.07 Å². The van der Waals surface area contributed by atoms with Crippen LogP contribution in [0, 0.1) is 24.4 Å². The van der Waals surface area contributed by atoms with Crippen LogP contribution in [-0.2, 0) is 6.42 Å². The molecule has 0 aliphatic rings. The van der Waals surface area contributed by atoms with Gasteiger partial charge < -0.3 is 0 Å². The Morgan fingerprint density at radius 1 is 1.11 bits per heavy atom. The van der Waals surface area contributed by atoms with Crippen LogP contribution in [0.4, 0.5) is 13.2 Å². The Balaban J connectivity index is 2.27. The molecule has 5 heteroatoms.